The molecule has 1 aromatic carbocycles. The summed E-state index contributed by atoms with van der Waals surface area (Å²) in [5, 5.41) is 0. The number of thioether (sulfide) groups is 2. The van der Waals surface area contributed by atoms with Crippen LogP contribution in [0.4, 0.5) is 0 Å². The van der Waals surface area contributed by atoms with E-state index < -0.39 is 0 Å². The fourth-order valence-corrected chi connectivity index (χ4v) is 5.93. The molecule has 112 valence electrons. The predicted octanol–water partition coefficient (Wildman–Crippen LogP) is 4.39. The normalized spacial score (nSPS) is 17.2. The third-order valence-electron chi connectivity index (χ3n) is 4.04. The Morgan fingerprint density at radius 3 is 2.57 bits per heavy atom. The van der Waals surface area contributed by atoms with Gasteiger partial charge in [-0.1, -0.05) is 29.8 Å². The molecule has 0 spiro atoms. The van der Waals surface area contributed by atoms with Crippen LogP contribution in [0.1, 0.15) is 24.0 Å². The van der Waals surface area contributed by atoms with E-state index in [0.29, 0.717) is 4.08 Å². The highest BCUT2D eigenvalue weighted by atomic mass is 32.2. The summed E-state index contributed by atoms with van der Waals surface area (Å²) in [4.78, 5) is 4.14. The zero-order valence-electron chi connectivity index (χ0n) is 12.5. The van der Waals surface area contributed by atoms with Gasteiger partial charge in [0.05, 0.1) is 10.4 Å². The minimum absolute atomic E-state index is 0.398. The van der Waals surface area contributed by atoms with Crippen LogP contribution in [0.2, 0.25) is 0 Å². The van der Waals surface area contributed by atoms with E-state index in [1.165, 1.54) is 41.9 Å². The van der Waals surface area contributed by atoms with Crippen LogP contribution in [-0.2, 0) is 13.0 Å². The smallest absolute Gasteiger partial charge is 0.0945 e. The van der Waals surface area contributed by atoms with Crippen molar-refractivity contribution < 1.29 is 0 Å². The number of hydrogen-bond acceptors (Lipinski definition) is 3. The van der Waals surface area contributed by atoms with E-state index in [1.807, 2.05) is 12.5 Å². The molecule has 0 bridgehead atoms. The summed E-state index contributed by atoms with van der Waals surface area (Å²) in [7, 11) is 0. The molecule has 1 fully saturated rings. The standard InChI is InChI=1S/C17H22N2S2/c1-15-2-4-16(5-3-15)6-7-17(20-12-13-21-17)8-10-19-11-9-18-14-19/h2-5,9,11,14H,6-8,10,12-13H2,1H3. The van der Waals surface area contributed by atoms with Crippen LogP contribution in [0.15, 0.2) is 43.0 Å². The molecular weight excluding hydrogens is 296 g/mol. The number of aromatic nitrogens is 2. The quantitative estimate of drug-likeness (QED) is 0.786. The van der Waals surface area contributed by atoms with E-state index in [9.17, 15) is 0 Å². The van der Waals surface area contributed by atoms with Gasteiger partial charge in [0.1, 0.15) is 0 Å². The summed E-state index contributed by atoms with van der Waals surface area (Å²) in [5.41, 5.74) is 2.81. The maximum atomic E-state index is 4.14. The van der Waals surface area contributed by atoms with Crippen molar-refractivity contribution in [3.05, 3.63) is 54.1 Å². The fourth-order valence-electron chi connectivity index (χ4n) is 2.72. The summed E-state index contributed by atoms with van der Waals surface area (Å²) < 4.78 is 2.60. The number of benzene rings is 1. The van der Waals surface area contributed by atoms with E-state index in [1.54, 1.807) is 0 Å². The highest BCUT2D eigenvalue weighted by Gasteiger charge is 2.34. The molecule has 4 heteroatoms. The average molecular weight is 319 g/mol. The Hall–Kier alpha value is -0.870. The van der Waals surface area contributed by atoms with Gasteiger partial charge in [0.15, 0.2) is 0 Å². The van der Waals surface area contributed by atoms with E-state index >= 15 is 0 Å². The molecule has 3 rings (SSSR count). The van der Waals surface area contributed by atoms with Gasteiger partial charge in [-0.2, -0.15) is 0 Å². The number of imidazole rings is 1. The first-order chi connectivity index (χ1) is 10.3. The minimum atomic E-state index is 0.398. The van der Waals surface area contributed by atoms with E-state index in [4.69, 9.17) is 0 Å². The lowest BCUT2D eigenvalue weighted by atomic mass is 10.0. The van der Waals surface area contributed by atoms with Crippen LogP contribution in [-0.4, -0.2) is 25.1 Å². The second-order valence-electron chi connectivity index (χ2n) is 5.64. The Morgan fingerprint density at radius 2 is 1.90 bits per heavy atom. The lowest BCUT2D eigenvalue weighted by Crippen LogP contribution is -2.20. The van der Waals surface area contributed by atoms with Crippen molar-refractivity contribution in [3.63, 3.8) is 0 Å². The summed E-state index contributed by atoms with van der Waals surface area (Å²) in [6.07, 6.45) is 9.54. The largest absolute Gasteiger partial charge is 0.337 e. The van der Waals surface area contributed by atoms with E-state index in [2.05, 4.69) is 70.5 Å². The van der Waals surface area contributed by atoms with Crippen molar-refractivity contribution in [1.29, 1.82) is 0 Å². The maximum Gasteiger partial charge on any atom is 0.0945 e. The maximum absolute atomic E-state index is 4.14. The van der Waals surface area contributed by atoms with Crippen molar-refractivity contribution in [2.75, 3.05) is 11.5 Å². The highest BCUT2D eigenvalue weighted by molar-refractivity contribution is 8.21. The summed E-state index contributed by atoms with van der Waals surface area (Å²) in [6, 6.07) is 9.01. The van der Waals surface area contributed by atoms with Gasteiger partial charge in [0, 0.05) is 30.4 Å². The summed E-state index contributed by atoms with van der Waals surface area (Å²) in [6.45, 7) is 3.23. The zero-order chi connectivity index (χ0) is 14.5. The van der Waals surface area contributed by atoms with Gasteiger partial charge in [0.25, 0.3) is 0 Å². The molecule has 2 nitrogen and oxygen atoms in total. The van der Waals surface area contributed by atoms with Gasteiger partial charge in [-0.3, -0.25) is 0 Å². The van der Waals surface area contributed by atoms with Gasteiger partial charge in [-0.15, -0.1) is 23.5 Å². The Morgan fingerprint density at radius 1 is 1.14 bits per heavy atom. The topological polar surface area (TPSA) is 17.8 Å². The SMILES string of the molecule is Cc1ccc(CCC2(CCn3ccnc3)SCCS2)cc1. The second kappa shape index (κ2) is 6.93. The predicted molar refractivity (Wildman–Crippen MR) is 94.0 cm³/mol. The molecule has 1 aromatic heterocycles. The second-order valence-corrected chi connectivity index (χ2v) is 8.86. The Bertz CT molecular complexity index is 543. The molecule has 0 unspecified atom stereocenters. The molecule has 1 saturated heterocycles. The molecule has 1 aliphatic heterocycles. The van der Waals surface area contributed by atoms with Crippen molar-refractivity contribution in [2.24, 2.45) is 0 Å². The minimum Gasteiger partial charge on any atom is -0.337 e. The third-order valence-corrected chi connectivity index (χ3v) is 7.69. The van der Waals surface area contributed by atoms with Crippen molar-refractivity contribution in [2.45, 2.75) is 36.8 Å². The molecule has 2 aromatic rings. The van der Waals surface area contributed by atoms with Gasteiger partial charge in [-0.25, -0.2) is 4.98 Å². The molecule has 1 aliphatic rings. The average Bonchev–Trinajstić information content (AvgIpc) is 3.17. The Labute approximate surface area is 135 Å². The summed E-state index contributed by atoms with van der Waals surface area (Å²) in [5.74, 6) is 2.59. The van der Waals surface area contributed by atoms with E-state index in [0.717, 1.165) is 6.54 Å². The lowest BCUT2D eigenvalue weighted by molar-refractivity contribution is 0.574. The zero-order valence-corrected chi connectivity index (χ0v) is 14.1. The first-order valence-electron chi connectivity index (χ1n) is 7.55. The van der Waals surface area contributed by atoms with Gasteiger partial charge in [0.2, 0.25) is 0 Å². The van der Waals surface area contributed by atoms with Gasteiger partial charge >= 0.3 is 0 Å². The number of nitrogens with zero attached hydrogens (tertiary/aromatic N) is 2. The lowest BCUT2D eigenvalue weighted by Gasteiger charge is -2.27. The van der Waals surface area contributed by atoms with Crippen LogP contribution in [0.25, 0.3) is 0 Å². The monoisotopic (exact) mass is 318 g/mol. The molecule has 0 amide bonds. The van der Waals surface area contributed by atoms with Crippen molar-refractivity contribution in [1.82, 2.24) is 9.55 Å². The highest BCUT2D eigenvalue weighted by Crippen LogP contribution is 2.49. The van der Waals surface area contributed by atoms with Gasteiger partial charge < -0.3 is 4.57 Å². The number of aryl methyl sites for hydroxylation is 3. The van der Waals surface area contributed by atoms with Crippen LogP contribution in [0.3, 0.4) is 0 Å². The fraction of sp³-hybridized carbons (Fsp3) is 0.471. The molecule has 0 aliphatic carbocycles. The number of hydrogen-bond donors (Lipinski definition) is 0. The summed E-state index contributed by atoms with van der Waals surface area (Å²) >= 11 is 4.33. The molecule has 21 heavy (non-hydrogen) atoms. The van der Waals surface area contributed by atoms with Crippen LogP contribution in [0.5, 0.6) is 0 Å². The molecule has 0 radical (unpaired) electrons. The molecular formula is C17H22N2S2. The van der Waals surface area contributed by atoms with Crippen LogP contribution >= 0.6 is 23.5 Å². The van der Waals surface area contributed by atoms with Crippen LogP contribution < -0.4 is 0 Å². The van der Waals surface area contributed by atoms with Crippen LogP contribution in [0, 0.1) is 6.92 Å². The first-order valence-corrected chi connectivity index (χ1v) is 9.52. The third kappa shape index (κ3) is 4.07. The van der Waals surface area contributed by atoms with E-state index in [-0.39, 0.29) is 0 Å². The Kier molecular flexibility index (Phi) is 4.96. The van der Waals surface area contributed by atoms with Crippen molar-refractivity contribution in [3.8, 4) is 0 Å². The molecule has 2 heterocycles. The van der Waals surface area contributed by atoms with Crippen molar-refractivity contribution >= 4 is 23.5 Å². The molecule has 0 N–H and O–H groups in total. The molecule has 0 saturated carbocycles. The molecule has 0 atom stereocenters. The Balaban J connectivity index is 1.59. The van der Waals surface area contributed by atoms with Gasteiger partial charge in [-0.05, 0) is 31.7 Å². The first kappa shape index (κ1) is 15.0. The number of rotatable bonds is 6.